The molecule has 0 unspecified atom stereocenters. The van der Waals surface area contributed by atoms with Crippen molar-refractivity contribution in [2.24, 2.45) is 0 Å². The minimum absolute atomic E-state index is 0.316. The number of ether oxygens (including phenoxy) is 1. The van der Waals surface area contributed by atoms with Gasteiger partial charge in [-0.2, -0.15) is 4.98 Å². The lowest BCUT2D eigenvalue weighted by Gasteiger charge is -2.06. The summed E-state index contributed by atoms with van der Waals surface area (Å²) in [6, 6.07) is 8.86. The quantitative estimate of drug-likeness (QED) is 0.809. The average Bonchev–Trinajstić information content (AvgIpc) is 3.24. The molecule has 1 aromatic carbocycles. The van der Waals surface area contributed by atoms with Gasteiger partial charge in [0.05, 0.1) is 0 Å². The number of aromatic nitrogens is 2. The topological polar surface area (TPSA) is 60.2 Å². The fraction of sp³-hybridized carbons (Fsp3) is 0.500. The van der Waals surface area contributed by atoms with Gasteiger partial charge in [-0.25, -0.2) is 0 Å². The van der Waals surface area contributed by atoms with Crippen molar-refractivity contribution in [2.45, 2.75) is 51.8 Å². The molecule has 0 spiro atoms. The van der Waals surface area contributed by atoms with Crippen molar-refractivity contribution in [3.05, 3.63) is 41.5 Å². The lowest BCUT2D eigenvalue weighted by Crippen LogP contribution is -2.15. The first-order chi connectivity index (χ1) is 10.3. The Morgan fingerprint density at radius 2 is 2.10 bits per heavy atom. The highest BCUT2D eigenvalue weighted by molar-refractivity contribution is 5.27. The van der Waals surface area contributed by atoms with Gasteiger partial charge in [-0.05, 0) is 37.0 Å². The van der Waals surface area contributed by atoms with E-state index in [4.69, 9.17) is 9.26 Å². The van der Waals surface area contributed by atoms with Crippen LogP contribution < -0.4 is 10.1 Å². The Bertz CT molecular complexity index is 561. The van der Waals surface area contributed by atoms with E-state index in [1.807, 2.05) is 12.1 Å². The van der Waals surface area contributed by atoms with Gasteiger partial charge in [-0.3, -0.25) is 0 Å². The highest BCUT2D eigenvalue weighted by Crippen LogP contribution is 2.20. The van der Waals surface area contributed by atoms with E-state index in [-0.39, 0.29) is 0 Å². The molecule has 1 fully saturated rings. The number of hydrogen-bond acceptors (Lipinski definition) is 5. The Morgan fingerprint density at radius 1 is 1.29 bits per heavy atom. The van der Waals surface area contributed by atoms with E-state index in [0.717, 1.165) is 37.0 Å². The normalized spacial score (nSPS) is 14.3. The van der Waals surface area contributed by atoms with Gasteiger partial charge in [0.1, 0.15) is 5.75 Å². The van der Waals surface area contributed by atoms with E-state index in [0.29, 0.717) is 12.5 Å². The Morgan fingerprint density at radius 3 is 2.81 bits per heavy atom. The van der Waals surface area contributed by atoms with Gasteiger partial charge in [-0.1, -0.05) is 24.2 Å². The van der Waals surface area contributed by atoms with Crippen LogP contribution in [0.15, 0.2) is 28.8 Å². The second kappa shape index (κ2) is 6.72. The van der Waals surface area contributed by atoms with E-state index in [2.05, 4.69) is 34.5 Å². The highest BCUT2D eigenvalue weighted by atomic mass is 16.5. The summed E-state index contributed by atoms with van der Waals surface area (Å²) in [5.41, 5.74) is 1.28. The molecule has 1 aliphatic carbocycles. The van der Waals surface area contributed by atoms with Gasteiger partial charge in [-0.15, -0.1) is 0 Å². The maximum atomic E-state index is 5.66. The van der Waals surface area contributed by atoms with E-state index in [1.54, 1.807) is 0 Å². The molecule has 1 aromatic heterocycles. The number of nitrogens with zero attached hydrogens (tertiary/aromatic N) is 2. The van der Waals surface area contributed by atoms with E-state index < -0.39 is 0 Å². The molecule has 2 aromatic rings. The third kappa shape index (κ3) is 4.29. The first-order valence-electron chi connectivity index (χ1n) is 7.60. The van der Waals surface area contributed by atoms with E-state index in [1.165, 1.54) is 18.4 Å². The molecule has 5 nitrogen and oxygen atoms in total. The van der Waals surface area contributed by atoms with Crippen LogP contribution in [-0.4, -0.2) is 16.2 Å². The van der Waals surface area contributed by atoms with Gasteiger partial charge >= 0.3 is 0 Å². The zero-order valence-electron chi connectivity index (χ0n) is 12.3. The SMILES string of the molecule is CCCc1noc(COc2ccc(CNC3CC3)cc2)n1. The molecule has 112 valence electrons. The number of rotatable bonds is 8. The number of nitrogens with one attached hydrogen (secondary N) is 1. The summed E-state index contributed by atoms with van der Waals surface area (Å²) in [5, 5.41) is 7.40. The van der Waals surface area contributed by atoms with E-state index >= 15 is 0 Å². The third-order valence-corrected chi connectivity index (χ3v) is 3.44. The summed E-state index contributed by atoms with van der Waals surface area (Å²) in [4.78, 5) is 4.28. The molecular weight excluding hydrogens is 266 g/mol. The van der Waals surface area contributed by atoms with Gasteiger partial charge in [0.2, 0.25) is 0 Å². The summed E-state index contributed by atoms with van der Waals surface area (Å²) < 4.78 is 10.8. The fourth-order valence-corrected chi connectivity index (χ4v) is 2.07. The summed E-state index contributed by atoms with van der Waals surface area (Å²) in [6.45, 7) is 3.33. The van der Waals surface area contributed by atoms with Crippen LogP contribution in [-0.2, 0) is 19.6 Å². The zero-order chi connectivity index (χ0) is 14.5. The standard InChI is InChI=1S/C16H21N3O2/c1-2-3-15-18-16(21-19-15)11-20-14-8-4-12(5-9-14)10-17-13-6-7-13/h4-5,8-9,13,17H,2-3,6-7,10-11H2,1H3. The smallest absolute Gasteiger partial charge is 0.264 e. The molecule has 0 amide bonds. The van der Waals surface area contributed by atoms with Crippen molar-refractivity contribution in [1.82, 2.24) is 15.5 Å². The van der Waals surface area contributed by atoms with Crippen LogP contribution >= 0.6 is 0 Å². The fourth-order valence-electron chi connectivity index (χ4n) is 2.07. The van der Waals surface area contributed by atoms with Crippen LogP contribution in [0.25, 0.3) is 0 Å². The van der Waals surface area contributed by atoms with Gasteiger partial charge in [0, 0.05) is 19.0 Å². The maximum Gasteiger partial charge on any atom is 0.264 e. The molecular formula is C16H21N3O2. The Kier molecular flexibility index (Phi) is 4.50. The predicted octanol–water partition coefficient (Wildman–Crippen LogP) is 2.85. The lowest BCUT2D eigenvalue weighted by atomic mass is 10.2. The second-order valence-electron chi connectivity index (χ2n) is 5.44. The maximum absolute atomic E-state index is 5.66. The summed E-state index contributed by atoms with van der Waals surface area (Å²) in [6.07, 6.45) is 4.47. The van der Waals surface area contributed by atoms with Crippen LogP contribution in [0.5, 0.6) is 5.75 Å². The second-order valence-corrected chi connectivity index (χ2v) is 5.44. The molecule has 0 atom stereocenters. The minimum Gasteiger partial charge on any atom is -0.484 e. The molecule has 1 aliphatic rings. The molecule has 0 bridgehead atoms. The van der Waals surface area contributed by atoms with Crippen molar-refractivity contribution >= 4 is 0 Å². The average molecular weight is 287 g/mol. The number of benzene rings is 1. The van der Waals surface area contributed by atoms with Gasteiger partial charge < -0.3 is 14.6 Å². The number of hydrogen-bond donors (Lipinski definition) is 1. The minimum atomic E-state index is 0.316. The lowest BCUT2D eigenvalue weighted by molar-refractivity contribution is 0.242. The molecule has 0 saturated heterocycles. The zero-order valence-corrected chi connectivity index (χ0v) is 12.3. The highest BCUT2D eigenvalue weighted by Gasteiger charge is 2.19. The van der Waals surface area contributed by atoms with Crippen LogP contribution in [0.4, 0.5) is 0 Å². The number of aryl methyl sites for hydroxylation is 1. The third-order valence-electron chi connectivity index (χ3n) is 3.44. The molecule has 5 heteroatoms. The summed E-state index contributed by atoms with van der Waals surface area (Å²) in [7, 11) is 0. The molecule has 0 aliphatic heterocycles. The predicted molar refractivity (Wildman–Crippen MR) is 78.9 cm³/mol. The molecule has 0 radical (unpaired) electrons. The molecule has 21 heavy (non-hydrogen) atoms. The summed E-state index contributed by atoms with van der Waals surface area (Å²) >= 11 is 0. The Labute approximate surface area is 124 Å². The molecule has 1 heterocycles. The van der Waals surface area contributed by atoms with Crippen LogP contribution in [0.1, 0.15) is 43.5 Å². The van der Waals surface area contributed by atoms with E-state index in [9.17, 15) is 0 Å². The first-order valence-corrected chi connectivity index (χ1v) is 7.60. The first kappa shape index (κ1) is 14.1. The molecule has 3 rings (SSSR count). The largest absolute Gasteiger partial charge is 0.484 e. The van der Waals surface area contributed by atoms with Gasteiger partial charge in [0.15, 0.2) is 12.4 Å². The van der Waals surface area contributed by atoms with Crippen molar-refractivity contribution in [3.8, 4) is 5.75 Å². The monoisotopic (exact) mass is 287 g/mol. The summed E-state index contributed by atoms with van der Waals surface area (Å²) in [5.74, 6) is 2.09. The molecule has 1 saturated carbocycles. The van der Waals surface area contributed by atoms with Crippen molar-refractivity contribution < 1.29 is 9.26 Å². The molecule has 1 N–H and O–H groups in total. The van der Waals surface area contributed by atoms with Crippen molar-refractivity contribution in [3.63, 3.8) is 0 Å². The van der Waals surface area contributed by atoms with Crippen molar-refractivity contribution in [2.75, 3.05) is 0 Å². The van der Waals surface area contributed by atoms with Gasteiger partial charge in [0.25, 0.3) is 5.89 Å². The van der Waals surface area contributed by atoms with Crippen LogP contribution in [0.3, 0.4) is 0 Å². The Balaban J connectivity index is 1.47. The Hall–Kier alpha value is -1.88. The van der Waals surface area contributed by atoms with Crippen LogP contribution in [0.2, 0.25) is 0 Å². The van der Waals surface area contributed by atoms with Crippen molar-refractivity contribution in [1.29, 1.82) is 0 Å². The van der Waals surface area contributed by atoms with Crippen LogP contribution in [0, 0.1) is 0 Å².